The van der Waals surface area contributed by atoms with Crippen LogP contribution in [0.25, 0.3) is 0 Å². The van der Waals surface area contributed by atoms with Gasteiger partial charge in [-0.25, -0.2) is 4.67 Å². The molecule has 308 valence electrons. The van der Waals surface area contributed by atoms with Crippen molar-refractivity contribution < 1.29 is 37.6 Å². The molecule has 6 atom stereocenters. The summed E-state index contributed by atoms with van der Waals surface area (Å²) < 4.78 is 36.5. The van der Waals surface area contributed by atoms with Gasteiger partial charge in [-0.2, -0.15) is 5.26 Å². The first-order valence-electron chi connectivity index (χ1n) is 19.9. The maximum atomic E-state index is 11.8. The molecule has 0 N–H and O–H groups in total. The Morgan fingerprint density at radius 1 is 0.895 bits per heavy atom. The number of nitrogens with zero attached hydrogens (tertiary/aromatic N) is 2. The number of hydrogen-bond donors (Lipinski definition) is 0. The summed E-state index contributed by atoms with van der Waals surface area (Å²) >= 11 is 0. The molecule has 1 fully saturated rings. The van der Waals surface area contributed by atoms with Crippen molar-refractivity contribution in [3.05, 3.63) is 101 Å². The Hall–Kier alpha value is -3.62. The van der Waals surface area contributed by atoms with Crippen LogP contribution in [0.15, 0.2) is 78.9 Å². The highest BCUT2D eigenvalue weighted by atomic mass is 31.2. The number of carbonyl (C=O) groups excluding carboxylic acids is 2. The summed E-state index contributed by atoms with van der Waals surface area (Å²) in [6.07, 6.45) is -0.528. The fourth-order valence-corrected chi connectivity index (χ4v) is 8.97. The molecule has 1 aliphatic heterocycles. The number of Topliss-reactive ketones (excluding diaryl/α,β-unsaturated/α-hetero) is 1. The summed E-state index contributed by atoms with van der Waals surface area (Å²) in [5.41, 5.74) is 5.02. The maximum absolute atomic E-state index is 11.8. The Bertz CT molecular complexity index is 1680. The summed E-state index contributed by atoms with van der Waals surface area (Å²) in [5.74, 6) is 0.674. The molecule has 3 unspecified atom stereocenters. The summed E-state index contributed by atoms with van der Waals surface area (Å²) in [6.45, 7) is 18.2. The molecule has 0 aromatic heterocycles. The molecule has 0 saturated carbocycles. The van der Waals surface area contributed by atoms with Gasteiger partial charge in [-0.1, -0.05) is 93.1 Å². The second kappa shape index (κ2) is 23.7. The number of aryl methyl sites for hydroxylation is 1. The minimum Gasteiger partial charge on any atom is -0.497 e. The number of ether oxygens (including phenoxy) is 4. The first-order valence-corrected chi connectivity index (χ1v) is 21.0. The topological polar surface area (TPSA) is 117 Å². The van der Waals surface area contributed by atoms with Crippen LogP contribution in [0.2, 0.25) is 0 Å². The minimum atomic E-state index is -1.52. The lowest BCUT2D eigenvalue weighted by atomic mass is 9.63. The average molecular weight is 801 g/mol. The number of rotatable bonds is 20. The zero-order valence-electron chi connectivity index (χ0n) is 35.5. The highest BCUT2D eigenvalue weighted by Crippen LogP contribution is 2.50. The molecule has 1 saturated heterocycles. The van der Waals surface area contributed by atoms with Gasteiger partial charge in [-0.15, -0.1) is 0 Å². The van der Waals surface area contributed by atoms with Gasteiger partial charge in [0.1, 0.15) is 31.6 Å². The average Bonchev–Trinajstić information content (AvgIpc) is 3.48. The second-order valence-electron chi connectivity index (χ2n) is 15.1. The van der Waals surface area contributed by atoms with Crippen LogP contribution >= 0.6 is 8.53 Å². The third-order valence-corrected chi connectivity index (χ3v) is 12.1. The van der Waals surface area contributed by atoms with Gasteiger partial charge >= 0.3 is 5.97 Å². The van der Waals surface area contributed by atoms with Crippen molar-refractivity contribution in [1.29, 1.82) is 5.26 Å². The Morgan fingerprint density at radius 3 is 1.98 bits per heavy atom. The number of nitriles is 1. The molecule has 3 aromatic carbocycles. The molecule has 1 aliphatic rings. The molecule has 0 aliphatic carbocycles. The van der Waals surface area contributed by atoms with Gasteiger partial charge in [-0.3, -0.25) is 4.79 Å². The molecule has 2 radical (unpaired) electrons. The molecule has 10 nitrogen and oxygen atoms in total. The molecule has 0 spiro atoms. The Morgan fingerprint density at radius 2 is 1.47 bits per heavy atom. The number of hydrogen-bond acceptors (Lipinski definition) is 10. The highest BCUT2D eigenvalue weighted by Gasteiger charge is 2.46. The van der Waals surface area contributed by atoms with E-state index in [1.807, 2.05) is 6.92 Å². The van der Waals surface area contributed by atoms with Crippen LogP contribution < -0.4 is 4.74 Å². The lowest BCUT2D eigenvalue weighted by molar-refractivity contribution is -0.165. The fraction of sp³-hybridized carbons (Fsp3) is 0.533. The van der Waals surface area contributed by atoms with Crippen molar-refractivity contribution >= 4 is 28.1 Å². The van der Waals surface area contributed by atoms with Gasteiger partial charge in [0.15, 0.2) is 6.79 Å². The zero-order valence-corrected chi connectivity index (χ0v) is 36.4. The molecule has 0 amide bonds. The minimum absolute atomic E-state index is 0.000797. The number of carbonyl (C=O) groups is 2. The van der Waals surface area contributed by atoms with Crippen LogP contribution in [0.1, 0.15) is 103 Å². The molecule has 0 bridgehead atoms. The van der Waals surface area contributed by atoms with Crippen LogP contribution in [0.4, 0.5) is 0 Å². The van der Waals surface area contributed by atoms with Gasteiger partial charge in [0.25, 0.3) is 8.53 Å². The van der Waals surface area contributed by atoms with Crippen LogP contribution in [0.3, 0.4) is 0 Å². The van der Waals surface area contributed by atoms with Gasteiger partial charge in [0, 0.05) is 29.9 Å². The van der Waals surface area contributed by atoms with E-state index in [-0.39, 0.29) is 62.0 Å². The first-order chi connectivity index (χ1) is 27.2. The summed E-state index contributed by atoms with van der Waals surface area (Å²) in [6, 6.07) is 29.9. The van der Waals surface area contributed by atoms with Crippen molar-refractivity contribution in [2.45, 2.75) is 130 Å². The molecular formula is C45H62BN2O8P. The number of ketones is 1. The van der Waals surface area contributed by atoms with E-state index in [0.717, 1.165) is 5.75 Å². The second-order valence-corrected chi connectivity index (χ2v) is 16.5. The van der Waals surface area contributed by atoms with E-state index >= 15 is 0 Å². The lowest BCUT2D eigenvalue weighted by Crippen LogP contribution is -2.41. The Labute approximate surface area is 343 Å². The SMILES string of the molecule is COc1ccc(C(c2ccccc2)(c2ccc(C)cc2)C(C)C)cc1.[B][C@@H]1O[C@H](CC)C(OP(OCCC#N)N(C(C)C)C(C)C)[C@@H]1OCOC(=O)CCC(C)=O. The number of methoxy groups -OCH3 is 1. The zero-order chi connectivity index (χ0) is 42.1. The van der Waals surface area contributed by atoms with E-state index in [1.165, 1.54) is 29.2 Å². The smallest absolute Gasteiger partial charge is 0.308 e. The third kappa shape index (κ3) is 13.2. The maximum Gasteiger partial charge on any atom is 0.308 e. The molecule has 3 aromatic rings. The van der Waals surface area contributed by atoms with Crippen LogP contribution in [-0.4, -0.2) is 81.2 Å². The van der Waals surface area contributed by atoms with Crippen molar-refractivity contribution in [2.75, 3.05) is 20.5 Å². The predicted octanol–water partition coefficient (Wildman–Crippen LogP) is 9.20. The summed E-state index contributed by atoms with van der Waals surface area (Å²) in [4.78, 5) is 22.8. The van der Waals surface area contributed by atoms with E-state index in [0.29, 0.717) is 12.3 Å². The quantitative estimate of drug-likeness (QED) is 0.0274. The Kier molecular flexibility index (Phi) is 19.9. The van der Waals surface area contributed by atoms with E-state index in [1.54, 1.807) is 7.11 Å². The van der Waals surface area contributed by atoms with Crippen molar-refractivity contribution in [1.82, 2.24) is 4.67 Å². The molecule has 12 heteroatoms. The third-order valence-electron chi connectivity index (χ3n) is 9.93. The largest absolute Gasteiger partial charge is 0.497 e. The first kappa shape index (κ1) is 47.8. The van der Waals surface area contributed by atoms with Crippen LogP contribution in [-0.2, 0) is 38.3 Å². The van der Waals surface area contributed by atoms with E-state index in [2.05, 4.69) is 138 Å². The highest BCUT2D eigenvalue weighted by molar-refractivity contribution is 7.44. The van der Waals surface area contributed by atoms with Gasteiger partial charge in [-0.05, 0) is 82.7 Å². The normalized spacial score (nSPS) is 19.5. The summed E-state index contributed by atoms with van der Waals surface area (Å²) in [5, 5.41) is 8.89. The number of benzene rings is 3. The molecular weight excluding hydrogens is 738 g/mol. The fourth-order valence-electron chi connectivity index (χ4n) is 7.20. The van der Waals surface area contributed by atoms with E-state index in [4.69, 9.17) is 41.1 Å². The van der Waals surface area contributed by atoms with Crippen LogP contribution in [0, 0.1) is 24.2 Å². The van der Waals surface area contributed by atoms with Gasteiger partial charge in [0.2, 0.25) is 0 Å². The number of esters is 1. The standard InChI is InChI=1S/C24H26O.C21H36BN2O7P/c1-18(2)24(20-8-6-5-7-9-20,21-12-10-19(3)11-13-21)22-14-16-23(25-4)17-15-22;1-7-17-19(31-32(29-12-8-11-23)24(14(2)3)15(4)5)20(21(22)30-17)28-13-27-18(26)10-9-16(6)25/h5-18H,1-4H3;14-15,17,19-21H,7-10,12-13H2,1-6H3/t;17-,19?,20+,21-,32?/m.1/s1. The van der Waals surface area contributed by atoms with Gasteiger partial charge < -0.3 is 32.8 Å². The molecule has 4 rings (SSSR count). The van der Waals surface area contributed by atoms with Crippen molar-refractivity contribution in [3.63, 3.8) is 0 Å². The summed E-state index contributed by atoms with van der Waals surface area (Å²) in [7, 11) is 6.33. The molecule has 57 heavy (non-hydrogen) atoms. The van der Waals surface area contributed by atoms with Crippen molar-refractivity contribution in [2.24, 2.45) is 5.92 Å². The molecule has 1 heterocycles. The van der Waals surface area contributed by atoms with Crippen LogP contribution in [0.5, 0.6) is 5.75 Å². The van der Waals surface area contributed by atoms with Crippen molar-refractivity contribution in [3.8, 4) is 11.8 Å². The van der Waals surface area contributed by atoms with Gasteiger partial charge in [0.05, 0.1) is 38.7 Å². The Balaban J connectivity index is 0.000000313. The predicted molar refractivity (Wildman–Crippen MR) is 226 cm³/mol. The van der Waals surface area contributed by atoms with E-state index in [9.17, 15) is 9.59 Å². The monoisotopic (exact) mass is 800 g/mol. The van der Waals surface area contributed by atoms with E-state index < -0.39 is 32.7 Å². The lowest BCUT2D eigenvalue weighted by Gasteiger charge is -2.40.